The Morgan fingerprint density at radius 1 is 1.06 bits per heavy atom. The molecule has 0 amide bonds. The molecule has 3 aromatic rings. The number of rotatable bonds is 2. The van der Waals surface area contributed by atoms with Crippen LogP contribution in [0, 0.1) is 0 Å². The van der Waals surface area contributed by atoms with Crippen molar-refractivity contribution in [2.45, 2.75) is 13.0 Å². The van der Waals surface area contributed by atoms with Gasteiger partial charge in [-0.05, 0) is 37.3 Å². The highest BCUT2D eigenvalue weighted by atomic mass is 16.4. The van der Waals surface area contributed by atoms with Gasteiger partial charge in [-0.2, -0.15) is 0 Å². The number of nitrogens with zero attached hydrogens (tertiary/aromatic N) is 2. The third-order valence-electron chi connectivity index (χ3n) is 2.79. The predicted octanol–water partition coefficient (Wildman–Crippen LogP) is 2.94. The van der Waals surface area contributed by atoms with Crippen molar-refractivity contribution in [3.8, 4) is 11.3 Å². The van der Waals surface area contributed by atoms with Crippen molar-refractivity contribution < 1.29 is 9.52 Å². The average molecular weight is 240 g/mol. The molecule has 3 rings (SSSR count). The van der Waals surface area contributed by atoms with Crippen LogP contribution in [0.1, 0.15) is 18.8 Å². The fourth-order valence-electron chi connectivity index (χ4n) is 1.85. The lowest BCUT2D eigenvalue weighted by Gasteiger charge is -2.01. The van der Waals surface area contributed by atoms with Crippen molar-refractivity contribution in [3.05, 3.63) is 48.5 Å². The monoisotopic (exact) mass is 240 g/mol. The molecule has 2 heterocycles. The van der Waals surface area contributed by atoms with Gasteiger partial charge in [0.25, 0.3) is 0 Å². The van der Waals surface area contributed by atoms with Crippen LogP contribution in [0.25, 0.3) is 22.4 Å². The summed E-state index contributed by atoms with van der Waals surface area (Å²) < 4.78 is 5.58. The second kappa shape index (κ2) is 4.23. The van der Waals surface area contributed by atoms with E-state index in [-0.39, 0.29) is 0 Å². The first kappa shape index (κ1) is 10.9. The van der Waals surface area contributed by atoms with Gasteiger partial charge in [-0.15, -0.1) is 0 Å². The van der Waals surface area contributed by atoms with Gasteiger partial charge in [0.15, 0.2) is 0 Å². The number of fused-ring (bicyclic) bond motifs is 1. The molecule has 0 aliphatic rings. The van der Waals surface area contributed by atoms with Gasteiger partial charge in [0.05, 0.1) is 11.0 Å². The normalized spacial score (nSPS) is 12.8. The molecule has 2 aromatic heterocycles. The summed E-state index contributed by atoms with van der Waals surface area (Å²) in [7, 11) is 0. The van der Waals surface area contributed by atoms with Crippen LogP contribution in [0.2, 0.25) is 0 Å². The second-order valence-electron chi connectivity index (χ2n) is 4.14. The molecule has 0 saturated heterocycles. The van der Waals surface area contributed by atoms with E-state index in [9.17, 15) is 5.11 Å². The maximum Gasteiger partial charge on any atom is 0.134 e. The molecule has 4 nitrogen and oxygen atoms in total. The minimum Gasteiger partial charge on any atom is -0.458 e. The summed E-state index contributed by atoms with van der Waals surface area (Å²) in [5.74, 6) is 1.28. The summed E-state index contributed by atoms with van der Waals surface area (Å²) in [6, 6.07) is 9.39. The number of hydrogen-bond donors (Lipinski definition) is 1. The van der Waals surface area contributed by atoms with Crippen LogP contribution >= 0.6 is 0 Å². The zero-order valence-electron chi connectivity index (χ0n) is 9.87. The second-order valence-corrected chi connectivity index (χ2v) is 4.14. The smallest absolute Gasteiger partial charge is 0.134 e. The van der Waals surface area contributed by atoms with Gasteiger partial charge in [-0.3, -0.25) is 9.97 Å². The Morgan fingerprint density at radius 2 is 1.83 bits per heavy atom. The Bertz CT molecular complexity index is 689. The van der Waals surface area contributed by atoms with Crippen LogP contribution in [0.3, 0.4) is 0 Å². The molecule has 0 spiro atoms. The first-order valence-corrected chi connectivity index (χ1v) is 5.73. The molecular weight excluding hydrogens is 228 g/mol. The van der Waals surface area contributed by atoms with Crippen LogP contribution < -0.4 is 0 Å². The lowest BCUT2D eigenvalue weighted by Crippen LogP contribution is -1.86. The molecule has 4 heteroatoms. The number of hydrogen-bond acceptors (Lipinski definition) is 4. The van der Waals surface area contributed by atoms with Gasteiger partial charge in [0, 0.05) is 18.0 Å². The van der Waals surface area contributed by atoms with E-state index in [1.165, 1.54) is 0 Å². The Kier molecular flexibility index (Phi) is 2.57. The molecule has 0 aliphatic carbocycles. The molecule has 1 aromatic carbocycles. The minimum atomic E-state index is -0.598. The fourth-order valence-corrected chi connectivity index (χ4v) is 1.85. The van der Waals surface area contributed by atoms with Crippen molar-refractivity contribution in [1.29, 1.82) is 0 Å². The highest BCUT2D eigenvalue weighted by Crippen LogP contribution is 2.26. The van der Waals surface area contributed by atoms with Gasteiger partial charge >= 0.3 is 0 Å². The quantitative estimate of drug-likeness (QED) is 0.748. The summed E-state index contributed by atoms with van der Waals surface area (Å²) in [6.45, 7) is 1.68. The Hall–Kier alpha value is -2.20. The van der Waals surface area contributed by atoms with Crippen molar-refractivity contribution in [1.82, 2.24) is 9.97 Å². The Balaban J connectivity index is 2.07. The van der Waals surface area contributed by atoms with Gasteiger partial charge < -0.3 is 9.52 Å². The van der Waals surface area contributed by atoms with Crippen LogP contribution in [0.5, 0.6) is 0 Å². The topological polar surface area (TPSA) is 59.2 Å². The summed E-state index contributed by atoms with van der Waals surface area (Å²) in [4.78, 5) is 8.47. The van der Waals surface area contributed by atoms with Gasteiger partial charge in [0.2, 0.25) is 0 Å². The van der Waals surface area contributed by atoms with E-state index in [1.54, 1.807) is 25.4 Å². The Labute approximate surface area is 104 Å². The van der Waals surface area contributed by atoms with E-state index in [1.807, 2.05) is 24.3 Å². The van der Waals surface area contributed by atoms with E-state index in [0.29, 0.717) is 5.76 Å². The standard InChI is InChI=1S/C14H12N2O2/c1-9(17)13-4-5-14(18-13)10-2-3-11-12(8-10)16-7-6-15-11/h2-9,17H,1H3. The summed E-state index contributed by atoms with van der Waals surface area (Å²) in [5.41, 5.74) is 2.60. The highest BCUT2D eigenvalue weighted by Gasteiger charge is 2.09. The summed E-state index contributed by atoms with van der Waals surface area (Å²) in [5, 5.41) is 9.44. The summed E-state index contributed by atoms with van der Waals surface area (Å²) in [6.07, 6.45) is 2.73. The van der Waals surface area contributed by atoms with E-state index in [4.69, 9.17) is 4.42 Å². The zero-order chi connectivity index (χ0) is 12.5. The third kappa shape index (κ3) is 1.87. The largest absolute Gasteiger partial charge is 0.458 e. The first-order valence-electron chi connectivity index (χ1n) is 5.73. The number of aliphatic hydroxyl groups is 1. The first-order chi connectivity index (χ1) is 8.74. The minimum absolute atomic E-state index is 0.559. The van der Waals surface area contributed by atoms with E-state index < -0.39 is 6.10 Å². The van der Waals surface area contributed by atoms with Crippen LogP contribution in [0.4, 0.5) is 0 Å². The number of aliphatic hydroxyl groups excluding tert-OH is 1. The maximum atomic E-state index is 9.44. The lowest BCUT2D eigenvalue weighted by molar-refractivity contribution is 0.170. The van der Waals surface area contributed by atoms with Crippen molar-refractivity contribution >= 4 is 11.0 Å². The highest BCUT2D eigenvalue weighted by molar-refractivity contribution is 5.79. The average Bonchev–Trinajstić information content (AvgIpc) is 2.88. The van der Waals surface area contributed by atoms with E-state index >= 15 is 0 Å². The lowest BCUT2D eigenvalue weighted by atomic mass is 10.1. The van der Waals surface area contributed by atoms with Crippen LogP contribution in [-0.2, 0) is 0 Å². The number of aromatic nitrogens is 2. The molecule has 1 N–H and O–H groups in total. The number of furan rings is 1. The molecule has 0 radical (unpaired) electrons. The molecule has 0 saturated carbocycles. The Morgan fingerprint density at radius 3 is 2.56 bits per heavy atom. The van der Waals surface area contributed by atoms with Crippen molar-refractivity contribution in [2.75, 3.05) is 0 Å². The SMILES string of the molecule is CC(O)c1ccc(-c2ccc3nccnc3c2)o1. The molecular formula is C14H12N2O2. The maximum absolute atomic E-state index is 9.44. The van der Waals surface area contributed by atoms with E-state index in [0.717, 1.165) is 22.4 Å². The van der Waals surface area contributed by atoms with Gasteiger partial charge in [-0.25, -0.2) is 0 Å². The molecule has 0 bridgehead atoms. The molecule has 0 fully saturated rings. The fraction of sp³-hybridized carbons (Fsp3) is 0.143. The van der Waals surface area contributed by atoms with Crippen LogP contribution in [0.15, 0.2) is 47.1 Å². The van der Waals surface area contributed by atoms with Gasteiger partial charge in [0.1, 0.15) is 17.6 Å². The molecule has 0 aliphatic heterocycles. The molecule has 1 atom stereocenters. The van der Waals surface area contributed by atoms with Crippen molar-refractivity contribution in [2.24, 2.45) is 0 Å². The molecule has 18 heavy (non-hydrogen) atoms. The third-order valence-corrected chi connectivity index (χ3v) is 2.79. The summed E-state index contributed by atoms with van der Waals surface area (Å²) >= 11 is 0. The zero-order valence-corrected chi connectivity index (χ0v) is 9.87. The molecule has 1 unspecified atom stereocenters. The van der Waals surface area contributed by atoms with Gasteiger partial charge in [-0.1, -0.05) is 0 Å². The predicted molar refractivity (Wildman–Crippen MR) is 67.9 cm³/mol. The van der Waals surface area contributed by atoms with Crippen LogP contribution in [-0.4, -0.2) is 15.1 Å². The molecule has 90 valence electrons. The van der Waals surface area contributed by atoms with Crippen molar-refractivity contribution in [3.63, 3.8) is 0 Å². The van der Waals surface area contributed by atoms with E-state index in [2.05, 4.69) is 9.97 Å². The number of benzene rings is 1.